The molecule has 0 radical (unpaired) electrons. The van der Waals surface area contributed by atoms with Crippen LogP contribution in [0.5, 0.6) is 0 Å². The molecule has 0 unspecified atom stereocenters. The Morgan fingerprint density at radius 1 is 1.13 bits per heavy atom. The Balaban J connectivity index is 1.68. The fourth-order valence-corrected chi connectivity index (χ4v) is 4.10. The van der Waals surface area contributed by atoms with Crippen LogP contribution in [0.15, 0.2) is 53.0 Å². The van der Waals surface area contributed by atoms with E-state index in [4.69, 9.17) is 11.6 Å². The molecular formula is C21H21BrClN5O2S. The Bertz CT molecular complexity index is 1080. The third kappa shape index (κ3) is 6.49. The number of hydrogen-bond acceptors (Lipinski definition) is 5. The number of benzene rings is 2. The normalized spacial score (nSPS) is 12.6. The van der Waals surface area contributed by atoms with Gasteiger partial charge in [0.15, 0.2) is 0 Å². The number of hydrogen-bond donors (Lipinski definition) is 3. The Kier molecular flexibility index (Phi) is 8.00. The van der Waals surface area contributed by atoms with E-state index in [9.17, 15) is 9.59 Å². The van der Waals surface area contributed by atoms with Crippen LogP contribution in [0.1, 0.15) is 20.3 Å². The van der Waals surface area contributed by atoms with Crippen molar-refractivity contribution in [2.24, 2.45) is 5.92 Å². The van der Waals surface area contributed by atoms with Crippen molar-refractivity contribution in [2.45, 2.75) is 26.3 Å². The topological polar surface area (TPSA) is 96.0 Å². The molecule has 3 aromatic rings. The molecule has 10 heteroatoms. The van der Waals surface area contributed by atoms with E-state index < -0.39 is 12.1 Å². The summed E-state index contributed by atoms with van der Waals surface area (Å²) in [7, 11) is 0. The number of nitrogens with one attached hydrogen (secondary N) is 3. The van der Waals surface area contributed by atoms with Crippen molar-refractivity contribution >= 4 is 61.6 Å². The first-order chi connectivity index (χ1) is 14.9. The van der Waals surface area contributed by atoms with Gasteiger partial charge in [0.25, 0.3) is 0 Å². The molecule has 0 aliphatic carbocycles. The molecule has 3 amide bonds. The molecule has 1 aromatic heterocycles. The largest absolute Gasteiger partial charge is 0.326 e. The molecule has 0 saturated carbocycles. The van der Waals surface area contributed by atoms with E-state index in [1.54, 1.807) is 24.3 Å². The number of urea groups is 1. The van der Waals surface area contributed by atoms with Crippen LogP contribution in [0.3, 0.4) is 0 Å². The molecule has 31 heavy (non-hydrogen) atoms. The summed E-state index contributed by atoms with van der Waals surface area (Å²) in [6.45, 7) is 3.86. The molecule has 0 fully saturated rings. The molecule has 162 valence electrons. The van der Waals surface area contributed by atoms with E-state index in [1.807, 2.05) is 38.1 Å². The van der Waals surface area contributed by atoms with Gasteiger partial charge >= 0.3 is 6.03 Å². The second-order valence-corrected chi connectivity index (χ2v) is 9.21. The first-order valence-corrected chi connectivity index (χ1v) is 11.6. The fourth-order valence-electron chi connectivity index (χ4n) is 2.77. The van der Waals surface area contributed by atoms with Crippen molar-refractivity contribution < 1.29 is 9.59 Å². The summed E-state index contributed by atoms with van der Waals surface area (Å²) in [6.07, 6.45) is 0.703. The number of rotatable bonds is 7. The zero-order valence-corrected chi connectivity index (χ0v) is 20.0. The third-order valence-electron chi connectivity index (χ3n) is 4.59. The molecule has 7 nitrogen and oxygen atoms in total. The molecule has 3 rings (SSSR count). The van der Waals surface area contributed by atoms with Gasteiger partial charge in [-0.15, -0.1) is 10.2 Å². The predicted octanol–water partition coefficient (Wildman–Crippen LogP) is 5.80. The second kappa shape index (κ2) is 10.7. The highest BCUT2D eigenvalue weighted by Gasteiger charge is 2.27. The van der Waals surface area contributed by atoms with Crippen LogP contribution in [0.25, 0.3) is 10.6 Å². The summed E-state index contributed by atoms with van der Waals surface area (Å²) >= 11 is 10.7. The Labute approximate surface area is 197 Å². The van der Waals surface area contributed by atoms with E-state index in [0.29, 0.717) is 27.3 Å². The van der Waals surface area contributed by atoms with Crippen LogP contribution in [0.4, 0.5) is 15.6 Å². The van der Waals surface area contributed by atoms with Crippen LogP contribution in [-0.2, 0) is 4.79 Å². The second-order valence-electron chi connectivity index (χ2n) is 6.88. The van der Waals surface area contributed by atoms with Gasteiger partial charge in [0, 0.05) is 20.7 Å². The van der Waals surface area contributed by atoms with Crippen molar-refractivity contribution in [3.63, 3.8) is 0 Å². The van der Waals surface area contributed by atoms with Crippen LogP contribution in [0.2, 0.25) is 5.02 Å². The number of aromatic nitrogens is 2. The van der Waals surface area contributed by atoms with Crippen LogP contribution in [-0.4, -0.2) is 28.2 Å². The number of nitrogens with zero attached hydrogens (tertiary/aromatic N) is 2. The molecular weight excluding hydrogens is 502 g/mol. The quantitative estimate of drug-likeness (QED) is 0.366. The summed E-state index contributed by atoms with van der Waals surface area (Å²) in [4.78, 5) is 25.4. The van der Waals surface area contributed by atoms with E-state index in [2.05, 4.69) is 42.1 Å². The molecule has 0 spiro atoms. The smallest absolute Gasteiger partial charge is 0.319 e. The highest BCUT2D eigenvalue weighted by molar-refractivity contribution is 9.10. The van der Waals surface area contributed by atoms with Gasteiger partial charge in [-0.2, -0.15) is 0 Å². The SMILES string of the molecule is CC[C@H](C)[C@H](NC(=O)Nc1cccc(Cl)c1)C(=O)Nc1nnc(-c2cccc(Br)c2)s1. The maximum Gasteiger partial charge on any atom is 0.319 e. The fraction of sp³-hybridized carbons (Fsp3) is 0.238. The molecule has 0 bridgehead atoms. The summed E-state index contributed by atoms with van der Waals surface area (Å²) in [6, 6.07) is 13.2. The first-order valence-electron chi connectivity index (χ1n) is 9.59. The molecule has 2 aromatic carbocycles. The first kappa shape index (κ1) is 23.2. The van der Waals surface area contributed by atoms with Crippen molar-refractivity contribution in [2.75, 3.05) is 10.6 Å². The number of amides is 3. The summed E-state index contributed by atoms with van der Waals surface area (Å²) in [5.41, 5.74) is 1.43. The van der Waals surface area contributed by atoms with Crippen molar-refractivity contribution in [1.29, 1.82) is 0 Å². The van der Waals surface area contributed by atoms with E-state index in [-0.39, 0.29) is 11.8 Å². The van der Waals surface area contributed by atoms with E-state index in [0.717, 1.165) is 10.0 Å². The van der Waals surface area contributed by atoms with Gasteiger partial charge < -0.3 is 10.6 Å². The third-order valence-corrected chi connectivity index (χ3v) is 6.21. The van der Waals surface area contributed by atoms with Crippen molar-refractivity contribution in [3.8, 4) is 10.6 Å². The van der Waals surface area contributed by atoms with Crippen molar-refractivity contribution in [1.82, 2.24) is 15.5 Å². The minimum Gasteiger partial charge on any atom is -0.326 e. The molecule has 0 aliphatic heterocycles. The van der Waals surface area contributed by atoms with Crippen molar-refractivity contribution in [3.05, 3.63) is 58.0 Å². The van der Waals surface area contributed by atoms with Crippen LogP contribution < -0.4 is 16.0 Å². The highest BCUT2D eigenvalue weighted by atomic mass is 79.9. The number of anilines is 2. The standard InChI is InChI=1S/C21H21BrClN5O2S/c1-3-12(2)17(25-20(30)24-16-9-5-8-15(23)11-16)18(29)26-21-28-27-19(31-21)13-6-4-7-14(22)10-13/h4-12,17H,3H2,1-2H3,(H2,24,25,30)(H,26,28,29)/t12-,17-/m0/s1. The maximum absolute atomic E-state index is 12.9. The molecule has 2 atom stereocenters. The van der Waals surface area contributed by atoms with Crippen LogP contribution >= 0.6 is 38.9 Å². The predicted molar refractivity (Wildman–Crippen MR) is 129 cm³/mol. The Morgan fingerprint density at radius 3 is 2.61 bits per heavy atom. The Morgan fingerprint density at radius 2 is 1.90 bits per heavy atom. The summed E-state index contributed by atoms with van der Waals surface area (Å²) < 4.78 is 0.928. The van der Waals surface area contributed by atoms with Gasteiger partial charge in [-0.25, -0.2) is 4.79 Å². The monoisotopic (exact) mass is 521 g/mol. The minimum absolute atomic E-state index is 0.0948. The molecule has 3 N–H and O–H groups in total. The van der Waals surface area contributed by atoms with E-state index in [1.165, 1.54) is 11.3 Å². The lowest BCUT2D eigenvalue weighted by atomic mass is 9.98. The van der Waals surface area contributed by atoms with Gasteiger partial charge in [0.1, 0.15) is 11.0 Å². The van der Waals surface area contributed by atoms with Gasteiger partial charge in [-0.3, -0.25) is 10.1 Å². The van der Waals surface area contributed by atoms with E-state index >= 15 is 0 Å². The number of carbonyl (C=O) groups excluding carboxylic acids is 2. The summed E-state index contributed by atoms with van der Waals surface area (Å²) in [5.74, 6) is -0.449. The molecule has 0 aliphatic rings. The zero-order valence-electron chi connectivity index (χ0n) is 16.9. The lowest BCUT2D eigenvalue weighted by Crippen LogP contribution is -2.49. The lowest BCUT2D eigenvalue weighted by Gasteiger charge is -2.23. The van der Waals surface area contributed by atoms with Crippen LogP contribution in [0, 0.1) is 5.92 Å². The average Bonchev–Trinajstić information content (AvgIpc) is 3.20. The molecule has 0 saturated heterocycles. The van der Waals surface area contributed by atoms with Gasteiger partial charge in [0.2, 0.25) is 11.0 Å². The van der Waals surface area contributed by atoms with Gasteiger partial charge in [-0.05, 0) is 36.2 Å². The Hall–Kier alpha value is -2.49. The average molecular weight is 523 g/mol. The lowest BCUT2D eigenvalue weighted by molar-refractivity contribution is -0.119. The summed E-state index contributed by atoms with van der Waals surface area (Å²) in [5, 5.41) is 18.0. The zero-order chi connectivity index (χ0) is 22.4. The molecule has 1 heterocycles. The van der Waals surface area contributed by atoms with Gasteiger partial charge in [0.05, 0.1) is 0 Å². The minimum atomic E-state index is -0.748. The highest BCUT2D eigenvalue weighted by Crippen LogP contribution is 2.28. The number of halogens is 2. The number of carbonyl (C=O) groups is 2. The van der Waals surface area contributed by atoms with Gasteiger partial charge in [-0.1, -0.05) is 77.3 Å². The maximum atomic E-state index is 12.9.